The van der Waals surface area contributed by atoms with Crippen molar-refractivity contribution in [2.45, 2.75) is 37.2 Å². The van der Waals surface area contributed by atoms with E-state index in [0.29, 0.717) is 11.4 Å². The number of carbonyl (C=O) groups excluding carboxylic acids is 2. The summed E-state index contributed by atoms with van der Waals surface area (Å²) >= 11 is 6.23. The van der Waals surface area contributed by atoms with Crippen molar-refractivity contribution < 1.29 is 18.0 Å². The van der Waals surface area contributed by atoms with Crippen molar-refractivity contribution in [1.82, 2.24) is 14.5 Å². The average molecular weight is 466 g/mol. The van der Waals surface area contributed by atoms with Crippen LogP contribution in [0.5, 0.6) is 0 Å². The number of hydrogen-bond acceptors (Lipinski definition) is 4. The van der Waals surface area contributed by atoms with Crippen LogP contribution >= 0.6 is 11.6 Å². The van der Waals surface area contributed by atoms with Gasteiger partial charge in [0.25, 0.3) is 0 Å². The molecular weight excluding hydrogens is 438 g/mol. The molecule has 9 heteroatoms. The Hall–Kier alpha value is -2.42. The molecule has 1 N–H and O–H groups in total. The molecule has 0 aliphatic heterocycles. The fraction of sp³-hybridized carbons (Fsp3) is 0.364. The molecule has 0 saturated heterocycles. The first kappa shape index (κ1) is 24.8. The standard InChI is InChI=1S/C22H28ClN3O4S/c1-17(22(28)24-2)26(16-18-10-7-8-13-20(18)23)21(27)14-9-15-25(3)31(29,30)19-11-5-4-6-12-19/h4-8,10-13,17H,9,14-16H2,1-3H3,(H,24,28)/t17-/m0/s1. The highest BCUT2D eigenvalue weighted by Crippen LogP contribution is 2.20. The van der Waals surface area contributed by atoms with Crippen molar-refractivity contribution in [2.24, 2.45) is 0 Å². The van der Waals surface area contributed by atoms with E-state index >= 15 is 0 Å². The lowest BCUT2D eigenvalue weighted by Crippen LogP contribution is -2.46. The SMILES string of the molecule is CNC(=O)[C@H](C)N(Cc1ccccc1Cl)C(=O)CCCN(C)S(=O)(=O)c1ccccc1. The van der Waals surface area contributed by atoms with Crippen LogP contribution < -0.4 is 5.32 Å². The molecule has 0 aromatic heterocycles. The number of sulfonamides is 1. The first-order chi connectivity index (χ1) is 14.7. The van der Waals surface area contributed by atoms with Crippen LogP contribution in [-0.2, 0) is 26.2 Å². The van der Waals surface area contributed by atoms with Gasteiger partial charge in [0, 0.05) is 38.6 Å². The first-order valence-electron chi connectivity index (χ1n) is 9.94. The molecule has 0 heterocycles. The van der Waals surface area contributed by atoms with Crippen molar-refractivity contribution >= 4 is 33.4 Å². The number of nitrogens with one attached hydrogen (secondary N) is 1. The molecule has 2 amide bonds. The average Bonchev–Trinajstić information content (AvgIpc) is 2.77. The molecule has 2 aromatic rings. The third kappa shape index (κ3) is 6.53. The number of nitrogens with zero attached hydrogens (tertiary/aromatic N) is 2. The van der Waals surface area contributed by atoms with Crippen LogP contribution in [0.3, 0.4) is 0 Å². The molecule has 0 unspecified atom stereocenters. The Morgan fingerprint density at radius 2 is 1.68 bits per heavy atom. The Bertz CT molecular complexity index is 999. The summed E-state index contributed by atoms with van der Waals surface area (Å²) in [5.74, 6) is -0.536. The second-order valence-electron chi connectivity index (χ2n) is 7.15. The van der Waals surface area contributed by atoms with Gasteiger partial charge < -0.3 is 10.2 Å². The van der Waals surface area contributed by atoms with Gasteiger partial charge in [-0.05, 0) is 37.1 Å². The number of hydrogen-bond donors (Lipinski definition) is 1. The van der Waals surface area contributed by atoms with E-state index in [0.717, 1.165) is 5.56 Å². The molecule has 0 aliphatic carbocycles. The molecule has 7 nitrogen and oxygen atoms in total. The minimum atomic E-state index is -3.62. The van der Waals surface area contributed by atoms with Gasteiger partial charge in [-0.2, -0.15) is 0 Å². The molecular formula is C22H28ClN3O4S. The molecule has 0 radical (unpaired) electrons. The fourth-order valence-electron chi connectivity index (χ4n) is 3.09. The van der Waals surface area contributed by atoms with Gasteiger partial charge in [-0.3, -0.25) is 9.59 Å². The number of likely N-dealkylation sites (N-methyl/N-ethyl adjacent to an activating group) is 1. The lowest BCUT2D eigenvalue weighted by molar-refractivity contribution is -0.140. The predicted octanol–water partition coefficient (Wildman–Crippen LogP) is 2.90. The Morgan fingerprint density at radius 1 is 1.06 bits per heavy atom. The van der Waals surface area contributed by atoms with Crippen molar-refractivity contribution in [3.63, 3.8) is 0 Å². The fourth-order valence-corrected chi connectivity index (χ4v) is 4.52. The third-order valence-corrected chi connectivity index (χ3v) is 7.27. The summed E-state index contributed by atoms with van der Waals surface area (Å²) in [6.45, 7) is 2.02. The molecule has 0 bridgehead atoms. The maximum Gasteiger partial charge on any atom is 0.242 e. The molecule has 0 fully saturated rings. The summed E-state index contributed by atoms with van der Waals surface area (Å²) in [4.78, 5) is 26.8. The highest BCUT2D eigenvalue weighted by molar-refractivity contribution is 7.89. The molecule has 0 saturated carbocycles. The van der Waals surface area contributed by atoms with Crippen LogP contribution in [0.2, 0.25) is 5.02 Å². The summed E-state index contributed by atoms with van der Waals surface area (Å²) in [7, 11) is -0.616. The molecule has 0 spiro atoms. The van der Waals surface area contributed by atoms with Gasteiger partial charge in [0.15, 0.2) is 0 Å². The highest BCUT2D eigenvalue weighted by Gasteiger charge is 2.26. The van der Waals surface area contributed by atoms with E-state index in [-0.39, 0.29) is 36.2 Å². The van der Waals surface area contributed by atoms with E-state index in [9.17, 15) is 18.0 Å². The normalized spacial score (nSPS) is 12.4. The summed E-state index contributed by atoms with van der Waals surface area (Å²) in [5, 5.41) is 3.07. The topological polar surface area (TPSA) is 86.8 Å². The van der Waals surface area contributed by atoms with E-state index in [1.807, 2.05) is 6.07 Å². The lowest BCUT2D eigenvalue weighted by Gasteiger charge is -2.29. The number of amides is 2. The molecule has 0 aliphatic rings. The van der Waals surface area contributed by atoms with Gasteiger partial charge in [-0.1, -0.05) is 48.0 Å². The summed E-state index contributed by atoms with van der Waals surface area (Å²) in [6.07, 6.45) is 0.418. The smallest absolute Gasteiger partial charge is 0.242 e. The molecule has 168 valence electrons. The number of rotatable bonds is 10. The molecule has 31 heavy (non-hydrogen) atoms. The zero-order valence-corrected chi connectivity index (χ0v) is 19.5. The van der Waals surface area contributed by atoms with Crippen LogP contribution in [0.15, 0.2) is 59.5 Å². The van der Waals surface area contributed by atoms with Crippen LogP contribution in [0, 0.1) is 0 Å². The predicted molar refractivity (Wildman–Crippen MR) is 121 cm³/mol. The lowest BCUT2D eigenvalue weighted by atomic mass is 10.1. The van der Waals surface area contributed by atoms with Gasteiger partial charge in [-0.15, -0.1) is 0 Å². The van der Waals surface area contributed by atoms with Crippen molar-refractivity contribution in [1.29, 1.82) is 0 Å². The van der Waals surface area contributed by atoms with E-state index in [4.69, 9.17) is 11.6 Å². The summed E-state index contributed by atoms with van der Waals surface area (Å²) < 4.78 is 26.5. The van der Waals surface area contributed by atoms with Crippen molar-refractivity contribution in [2.75, 3.05) is 20.6 Å². The van der Waals surface area contributed by atoms with Crippen LogP contribution in [0.25, 0.3) is 0 Å². The first-order valence-corrected chi connectivity index (χ1v) is 11.8. The quantitative estimate of drug-likeness (QED) is 0.584. The maximum absolute atomic E-state index is 13.0. The van der Waals surface area contributed by atoms with Crippen LogP contribution in [0.1, 0.15) is 25.3 Å². The van der Waals surface area contributed by atoms with E-state index in [1.54, 1.807) is 43.3 Å². The largest absolute Gasteiger partial charge is 0.357 e. The summed E-state index contributed by atoms with van der Waals surface area (Å²) in [6, 6.07) is 14.6. The van der Waals surface area contributed by atoms with Gasteiger partial charge in [0.1, 0.15) is 6.04 Å². The van der Waals surface area contributed by atoms with Crippen molar-refractivity contribution in [3.05, 3.63) is 65.2 Å². The van der Waals surface area contributed by atoms with E-state index in [2.05, 4.69) is 5.32 Å². The summed E-state index contributed by atoms with van der Waals surface area (Å²) in [5.41, 5.74) is 0.733. The van der Waals surface area contributed by atoms with Gasteiger partial charge in [0.05, 0.1) is 4.90 Å². The zero-order valence-electron chi connectivity index (χ0n) is 17.9. The minimum Gasteiger partial charge on any atom is -0.357 e. The highest BCUT2D eigenvalue weighted by atomic mass is 35.5. The Balaban J connectivity index is 2.06. The Labute approximate surface area is 189 Å². The van der Waals surface area contributed by atoms with Crippen LogP contribution in [-0.4, -0.2) is 56.1 Å². The number of carbonyl (C=O) groups is 2. The Morgan fingerprint density at radius 3 is 2.29 bits per heavy atom. The Kier molecular flexibility index (Phi) is 9.03. The van der Waals surface area contributed by atoms with Gasteiger partial charge >= 0.3 is 0 Å². The third-order valence-electron chi connectivity index (χ3n) is 5.03. The minimum absolute atomic E-state index is 0.0977. The molecule has 1 atom stereocenters. The number of benzene rings is 2. The van der Waals surface area contributed by atoms with Crippen molar-refractivity contribution in [3.8, 4) is 0 Å². The van der Waals surface area contributed by atoms with Crippen LogP contribution in [0.4, 0.5) is 0 Å². The second kappa shape index (κ2) is 11.3. The van der Waals surface area contributed by atoms with E-state index < -0.39 is 16.1 Å². The number of halogens is 1. The molecule has 2 rings (SSSR count). The molecule has 2 aromatic carbocycles. The van der Waals surface area contributed by atoms with Gasteiger partial charge in [0.2, 0.25) is 21.8 Å². The second-order valence-corrected chi connectivity index (χ2v) is 9.60. The maximum atomic E-state index is 13.0. The monoisotopic (exact) mass is 465 g/mol. The zero-order chi connectivity index (χ0) is 23.0. The van der Waals surface area contributed by atoms with E-state index in [1.165, 1.54) is 35.4 Å². The van der Waals surface area contributed by atoms with Gasteiger partial charge in [-0.25, -0.2) is 12.7 Å².